The minimum Gasteiger partial charge on any atom is -0.382 e. The number of hydrogen-bond acceptors (Lipinski definition) is 6. The van der Waals surface area contributed by atoms with Gasteiger partial charge in [0, 0.05) is 50.0 Å². The number of pyridine rings is 1. The van der Waals surface area contributed by atoms with E-state index in [4.69, 9.17) is 0 Å². The Morgan fingerprint density at radius 2 is 2.27 bits per heavy atom. The molecule has 138 valence electrons. The molecule has 0 aromatic carbocycles. The van der Waals surface area contributed by atoms with Gasteiger partial charge in [-0.3, -0.25) is 19.5 Å². The van der Waals surface area contributed by atoms with E-state index in [1.165, 1.54) is 4.88 Å². The largest absolute Gasteiger partial charge is 0.382 e. The molecule has 3 N–H and O–H groups in total. The molecule has 8 heteroatoms. The molecule has 2 aromatic rings. The second kappa shape index (κ2) is 9.30. The van der Waals surface area contributed by atoms with Gasteiger partial charge in [0.05, 0.1) is 18.2 Å². The number of rotatable bonds is 8. The van der Waals surface area contributed by atoms with Crippen molar-refractivity contribution in [2.75, 3.05) is 31.5 Å². The number of hydrogen-bond donors (Lipinski definition) is 3. The summed E-state index contributed by atoms with van der Waals surface area (Å²) in [6.07, 6.45) is 3.62. The maximum absolute atomic E-state index is 12.3. The Balaban J connectivity index is 1.45. The van der Waals surface area contributed by atoms with Crippen LogP contribution in [0.1, 0.15) is 11.3 Å². The number of carbonyl (C=O) groups is 2. The van der Waals surface area contributed by atoms with Crippen molar-refractivity contribution in [2.24, 2.45) is 0 Å². The second-order valence-electron chi connectivity index (χ2n) is 6.08. The molecule has 2 aromatic heterocycles. The number of amides is 2. The standard InChI is InChI=1S/C18H23N5O2S/c24-17(21-7-6-20-14-3-1-5-19-12-14)11-16-18(25)22-8-9-23(16)13-15-4-2-10-26-15/h1-5,10,12,16,20H,6-9,11,13H2,(H,21,24)(H,22,25). The van der Waals surface area contributed by atoms with Crippen molar-refractivity contribution < 1.29 is 9.59 Å². The molecule has 1 saturated heterocycles. The van der Waals surface area contributed by atoms with Gasteiger partial charge in [0.1, 0.15) is 0 Å². The quantitative estimate of drug-likeness (QED) is 0.603. The van der Waals surface area contributed by atoms with Gasteiger partial charge in [-0.2, -0.15) is 0 Å². The fourth-order valence-electron chi connectivity index (χ4n) is 2.90. The molecule has 1 atom stereocenters. The molecule has 0 bridgehead atoms. The summed E-state index contributed by atoms with van der Waals surface area (Å²) < 4.78 is 0. The zero-order valence-electron chi connectivity index (χ0n) is 14.5. The van der Waals surface area contributed by atoms with Crippen LogP contribution in [0.4, 0.5) is 5.69 Å². The van der Waals surface area contributed by atoms with Gasteiger partial charge in [0.15, 0.2) is 0 Å². The zero-order valence-corrected chi connectivity index (χ0v) is 15.3. The summed E-state index contributed by atoms with van der Waals surface area (Å²) in [7, 11) is 0. The first kappa shape index (κ1) is 18.3. The third-order valence-corrected chi connectivity index (χ3v) is 5.06. The number of aromatic nitrogens is 1. The molecule has 1 unspecified atom stereocenters. The predicted molar refractivity (Wildman–Crippen MR) is 102 cm³/mol. The van der Waals surface area contributed by atoms with E-state index in [-0.39, 0.29) is 18.2 Å². The molecule has 1 aliphatic rings. The van der Waals surface area contributed by atoms with Gasteiger partial charge < -0.3 is 16.0 Å². The number of nitrogens with zero attached hydrogens (tertiary/aromatic N) is 2. The Morgan fingerprint density at radius 1 is 1.35 bits per heavy atom. The smallest absolute Gasteiger partial charge is 0.237 e. The second-order valence-corrected chi connectivity index (χ2v) is 7.11. The van der Waals surface area contributed by atoms with Crippen LogP contribution in [0, 0.1) is 0 Å². The van der Waals surface area contributed by atoms with Crippen LogP contribution in [-0.4, -0.2) is 53.9 Å². The lowest BCUT2D eigenvalue weighted by atomic mass is 10.1. The van der Waals surface area contributed by atoms with E-state index in [9.17, 15) is 9.59 Å². The first-order valence-corrected chi connectivity index (χ1v) is 9.55. The number of piperazine rings is 1. The molecule has 2 amide bonds. The van der Waals surface area contributed by atoms with Crippen LogP contribution in [0.15, 0.2) is 42.0 Å². The summed E-state index contributed by atoms with van der Waals surface area (Å²) >= 11 is 1.67. The molecule has 3 heterocycles. The number of thiophene rings is 1. The van der Waals surface area contributed by atoms with E-state index >= 15 is 0 Å². The summed E-state index contributed by atoms with van der Waals surface area (Å²) in [5.74, 6) is -0.187. The Labute approximate surface area is 156 Å². The maximum Gasteiger partial charge on any atom is 0.237 e. The van der Waals surface area contributed by atoms with Crippen molar-refractivity contribution in [3.05, 3.63) is 46.9 Å². The summed E-state index contributed by atoms with van der Waals surface area (Å²) in [6.45, 7) is 3.17. The van der Waals surface area contributed by atoms with Gasteiger partial charge in [-0.1, -0.05) is 6.07 Å². The lowest BCUT2D eigenvalue weighted by Gasteiger charge is -2.34. The van der Waals surface area contributed by atoms with Gasteiger partial charge in [-0.15, -0.1) is 11.3 Å². The third-order valence-electron chi connectivity index (χ3n) is 4.20. The van der Waals surface area contributed by atoms with Gasteiger partial charge in [-0.05, 0) is 23.6 Å². The average molecular weight is 373 g/mol. The average Bonchev–Trinajstić information content (AvgIpc) is 3.16. The monoisotopic (exact) mass is 373 g/mol. The first-order chi connectivity index (χ1) is 12.7. The number of carbonyl (C=O) groups excluding carboxylic acids is 2. The third kappa shape index (κ3) is 5.27. The molecule has 0 spiro atoms. The van der Waals surface area contributed by atoms with Gasteiger partial charge in [0.25, 0.3) is 0 Å². The highest BCUT2D eigenvalue weighted by atomic mass is 32.1. The molecule has 1 aliphatic heterocycles. The van der Waals surface area contributed by atoms with Crippen molar-refractivity contribution >= 4 is 28.8 Å². The van der Waals surface area contributed by atoms with Crippen LogP contribution in [0.25, 0.3) is 0 Å². The summed E-state index contributed by atoms with van der Waals surface area (Å²) in [5, 5.41) is 10.9. The van der Waals surface area contributed by atoms with Crippen molar-refractivity contribution in [2.45, 2.75) is 19.0 Å². The molecule has 0 aliphatic carbocycles. The number of nitrogens with one attached hydrogen (secondary N) is 3. The molecule has 0 radical (unpaired) electrons. The Kier molecular flexibility index (Phi) is 6.56. The Morgan fingerprint density at radius 3 is 3.04 bits per heavy atom. The lowest BCUT2D eigenvalue weighted by molar-refractivity contribution is -0.134. The summed E-state index contributed by atoms with van der Waals surface area (Å²) in [5.41, 5.74) is 0.913. The van der Waals surface area contributed by atoms with Crippen molar-refractivity contribution in [1.29, 1.82) is 0 Å². The van der Waals surface area contributed by atoms with Crippen molar-refractivity contribution in [1.82, 2.24) is 20.5 Å². The van der Waals surface area contributed by atoms with E-state index in [1.807, 2.05) is 23.6 Å². The highest BCUT2D eigenvalue weighted by Gasteiger charge is 2.31. The molecular weight excluding hydrogens is 350 g/mol. The highest BCUT2D eigenvalue weighted by molar-refractivity contribution is 7.09. The van der Waals surface area contributed by atoms with E-state index in [1.54, 1.807) is 23.7 Å². The van der Waals surface area contributed by atoms with Crippen molar-refractivity contribution in [3.63, 3.8) is 0 Å². The van der Waals surface area contributed by atoms with Gasteiger partial charge in [0.2, 0.25) is 11.8 Å². The lowest BCUT2D eigenvalue weighted by Crippen LogP contribution is -2.56. The van der Waals surface area contributed by atoms with Gasteiger partial charge in [-0.25, -0.2) is 0 Å². The van der Waals surface area contributed by atoms with Crippen molar-refractivity contribution in [3.8, 4) is 0 Å². The van der Waals surface area contributed by atoms with Crippen LogP contribution < -0.4 is 16.0 Å². The summed E-state index contributed by atoms with van der Waals surface area (Å²) in [4.78, 5) is 31.8. The Bertz CT molecular complexity index is 708. The van der Waals surface area contributed by atoms with E-state index in [2.05, 4.69) is 31.9 Å². The normalized spacial score (nSPS) is 17.5. The fraction of sp³-hybridized carbons (Fsp3) is 0.389. The van der Waals surface area contributed by atoms with Gasteiger partial charge >= 0.3 is 0 Å². The minimum atomic E-state index is -0.419. The highest BCUT2D eigenvalue weighted by Crippen LogP contribution is 2.17. The molecular formula is C18H23N5O2S. The minimum absolute atomic E-state index is 0.0727. The topological polar surface area (TPSA) is 86.4 Å². The van der Waals surface area contributed by atoms with Crippen LogP contribution in [0.5, 0.6) is 0 Å². The van der Waals surface area contributed by atoms with E-state index in [0.717, 1.165) is 12.2 Å². The fourth-order valence-corrected chi connectivity index (χ4v) is 3.63. The molecule has 26 heavy (non-hydrogen) atoms. The maximum atomic E-state index is 12.3. The molecule has 7 nitrogen and oxygen atoms in total. The van der Waals surface area contributed by atoms with Crippen LogP contribution in [0.2, 0.25) is 0 Å². The van der Waals surface area contributed by atoms with Crippen LogP contribution in [-0.2, 0) is 16.1 Å². The Hall–Kier alpha value is -2.45. The summed E-state index contributed by atoms with van der Waals surface area (Å²) in [6, 6.07) is 7.41. The van der Waals surface area contributed by atoms with E-state index in [0.29, 0.717) is 26.2 Å². The van der Waals surface area contributed by atoms with Crippen LogP contribution in [0.3, 0.4) is 0 Å². The van der Waals surface area contributed by atoms with E-state index < -0.39 is 6.04 Å². The zero-order chi connectivity index (χ0) is 18.2. The first-order valence-electron chi connectivity index (χ1n) is 8.67. The SMILES string of the molecule is O=C(CC1C(=O)NCCN1Cc1cccs1)NCCNc1cccnc1. The molecule has 3 rings (SSSR count). The molecule has 0 saturated carbocycles. The molecule has 1 fully saturated rings. The number of anilines is 1. The predicted octanol–water partition coefficient (Wildman–Crippen LogP) is 1.06. The van der Waals surface area contributed by atoms with Crippen LogP contribution >= 0.6 is 11.3 Å².